The average molecular weight is 467 g/mol. The Hall–Kier alpha value is -0.600. The van der Waals surface area contributed by atoms with Gasteiger partial charge in [-0.2, -0.15) is 0 Å². The van der Waals surface area contributed by atoms with Crippen molar-refractivity contribution >= 4 is 41.5 Å². The van der Waals surface area contributed by atoms with Crippen LogP contribution in [0.15, 0.2) is 23.3 Å². The Morgan fingerprint density at radius 1 is 1.38 bits per heavy atom. The lowest BCUT2D eigenvalue weighted by molar-refractivity contribution is 0.128. The van der Waals surface area contributed by atoms with Crippen LogP contribution in [0.25, 0.3) is 0 Å². The van der Waals surface area contributed by atoms with E-state index in [2.05, 4.69) is 20.6 Å². The molecule has 0 radical (unpaired) electrons. The minimum atomic E-state index is 0. The lowest BCUT2D eigenvalue weighted by atomic mass is 10.0. The predicted molar refractivity (Wildman–Crippen MR) is 111 cm³/mol. The Morgan fingerprint density at radius 3 is 2.75 bits per heavy atom. The normalized spacial score (nSPS) is 15.5. The van der Waals surface area contributed by atoms with Crippen molar-refractivity contribution in [1.82, 2.24) is 15.6 Å². The molecule has 24 heavy (non-hydrogen) atoms. The molecule has 1 saturated carbocycles. The SMILES string of the molecule is CCOCCC1(CNC(=NC)NCCc2ccc(Cl)nc2)CC1.I. The van der Waals surface area contributed by atoms with Crippen molar-refractivity contribution in [3.05, 3.63) is 29.0 Å². The van der Waals surface area contributed by atoms with E-state index < -0.39 is 0 Å². The highest BCUT2D eigenvalue weighted by molar-refractivity contribution is 14.0. The van der Waals surface area contributed by atoms with Gasteiger partial charge in [-0.25, -0.2) is 4.98 Å². The van der Waals surface area contributed by atoms with Gasteiger partial charge < -0.3 is 15.4 Å². The maximum absolute atomic E-state index is 5.79. The molecule has 7 heteroatoms. The summed E-state index contributed by atoms with van der Waals surface area (Å²) in [6, 6.07) is 3.82. The number of guanidine groups is 1. The number of pyridine rings is 1. The van der Waals surface area contributed by atoms with Gasteiger partial charge in [0, 0.05) is 39.5 Å². The average Bonchev–Trinajstić information content (AvgIpc) is 3.33. The third kappa shape index (κ3) is 7.53. The molecule has 0 bridgehead atoms. The molecule has 1 heterocycles. The number of aromatic nitrogens is 1. The number of aliphatic imine (C=N–C) groups is 1. The fraction of sp³-hybridized carbons (Fsp3) is 0.647. The highest BCUT2D eigenvalue weighted by Crippen LogP contribution is 2.48. The zero-order valence-electron chi connectivity index (χ0n) is 14.5. The number of rotatable bonds is 9. The van der Waals surface area contributed by atoms with E-state index in [1.165, 1.54) is 12.8 Å². The van der Waals surface area contributed by atoms with E-state index in [9.17, 15) is 0 Å². The van der Waals surface area contributed by atoms with E-state index >= 15 is 0 Å². The van der Waals surface area contributed by atoms with E-state index in [0.29, 0.717) is 10.6 Å². The van der Waals surface area contributed by atoms with Gasteiger partial charge in [0.25, 0.3) is 0 Å². The van der Waals surface area contributed by atoms with Crippen LogP contribution in [-0.4, -0.2) is 44.3 Å². The standard InChI is InChI=1S/C17H27ClN4O.HI/c1-3-23-11-9-17(7-8-17)13-22-16(19-2)20-10-6-14-4-5-15(18)21-12-14;/h4-5,12H,3,6-11,13H2,1-2H3,(H2,19,20,22);1H. The van der Waals surface area contributed by atoms with E-state index in [1.807, 2.05) is 25.3 Å². The number of halogens is 2. The highest BCUT2D eigenvalue weighted by atomic mass is 127. The van der Waals surface area contributed by atoms with Crippen LogP contribution in [0.3, 0.4) is 0 Å². The molecule has 2 N–H and O–H groups in total. The van der Waals surface area contributed by atoms with Gasteiger partial charge in [0.1, 0.15) is 5.15 Å². The number of hydrogen-bond donors (Lipinski definition) is 2. The van der Waals surface area contributed by atoms with Gasteiger partial charge >= 0.3 is 0 Å². The molecule has 0 amide bonds. The van der Waals surface area contributed by atoms with E-state index in [0.717, 1.165) is 50.7 Å². The number of hydrogen-bond acceptors (Lipinski definition) is 3. The third-order valence-corrected chi connectivity index (χ3v) is 4.51. The lowest BCUT2D eigenvalue weighted by Crippen LogP contribution is -2.41. The quantitative estimate of drug-likeness (QED) is 0.193. The molecule has 1 aliphatic rings. The summed E-state index contributed by atoms with van der Waals surface area (Å²) in [5.74, 6) is 0.856. The van der Waals surface area contributed by atoms with Crippen molar-refractivity contribution in [1.29, 1.82) is 0 Å². The molecule has 5 nitrogen and oxygen atoms in total. The van der Waals surface area contributed by atoms with Crippen LogP contribution < -0.4 is 10.6 Å². The second kappa shape index (κ2) is 11.1. The molecule has 1 aromatic heterocycles. The Morgan fingerprint density at radius 2 is 2.17 bits per heavy atom. The Bertz CT molecular complexity index is 506. The molecule has 0 aliphatic heterocycles. The fourth-order valence-corrected chi connectivity index (χ4v) is 2.61. The largest absolute Gasteiger partial charge is 0.382 e. The first-order valence-corrected chi connectivity index (χ1v) is 8.68. The topological polar surface area (TPSA) is 58.5 Å². The van der Waals surface area contributed by atoms with Crippen LogP contribution in [0.2, 0.25) is 5.15 Å². The molecule has 0 saturated heterocycles. The number of nitrogens with one attached hydrogen (secondary N) is 2. The minimum absolute atomic E-state index is 0. The van der Waals surface area contributed by atoms with Gasteiger partial charge in [0.05, 0.1) is 0 Å². The summed E-state index contributed by atoms with van der Waals surface area (Å²) in [5, 5.41) is 7.32. The van der Waals surface area contributed by atoms with Gasteiger partial charge in [-0.1, -0.05) is 17.7 Å². The summed E-state index contributed by atoms with van der Waals surface area (Å²) in [6.07, 6.45) is 6.38. The van der Waals surface area contributed by atoms with E-state index in [1.54, 1.807) is 7.05 Å². The monoisotopic (exact) mass is 466 g/mol. The second-order valence-electron chi connectivity index (χ2n) is 6.04. The molecule has 0 spiro atoms. The van der Waals surface area contributed by atoms with Gasteiger partial charge in [0.15, 0.2) is 5.96 Å². The smallest absolute Gasteiger partial charge is 0.191 e. The first-order chi connectivity index (χ1) is 11.2. The van der Waals surface area contributed by atoms with Crippen LogP contribution in [-0.2, 0) is 11.2 Å². The van der Waals surface area contributed by atoms with Crippen molar-refractivity contribution in [2.45, 2.75) is 32.6 Å². The summed E-state index contributed by atoms with van der Waals surface area (Å²) >= 11 is 5.79. The Balaban J connectivity index is 0.00000288. The molecular formula is C17H28ClIN4O. The lowest BCUT2D eigenvalue weighted by Gasteiger charge is -2.18. The molecule has 2 rings (SSSR count). The molecule has 0 unspecified atom stereocenters. The maximum Gasteiger partial charge on any atom is 0.191 e. The highest BCUT2D eigenvalue weighted by Gasteiger charge is 2.41. The maximum atomic E-state index is 5.79. The van der Waals surface area contributed by atoms with Gasteiger partial charge in [-0.3, -0.25) is 4.99 Å². The predicted octanol–water partition coefficient (Wildman–Crippen LogP) is 3.27. The molecule has 1 fully saturated rings. The fourth-order valence-electron chi connectivity index (χ4n) is 2.50. The van der Waals surface area contributed by atoms with Crippen molar-refractivity contribution in [2.24, 2.45) is 10.4 Å². The first kappa shape index (κ1) is 21.4. The van der Waals surface area contributed by atoms with Gasteiger partial charge in [0.2, 0.25) is 0 Å². The minimum Gasteiger partial charge on any atom is -0.382 e. The second-order valence-corrected chi connectivity index (χ2v) is 6.43. The van der Waals surface area contributed by atoms with Crippen molar-refractivity contribution in [3.63, 3.8) is 0 Å². The summed E-state index contributed by atoms with van der Waals surface area (Å²) in [5.41, 5.74) is 1.57. The number of nitrogens with zero attached hydrogens (tertiary/aromatic N) is 2. The molecule has 0 aromatic carbocycles. The van der Waals surface area contributed by atoms with Crippen molar-refractivity contribution in [3.8, 4) is 0 Å². The van der Waals surface area contributed by atoms with Gasteiger partial charge in [-0.05, 0) is 49.7 Å². The molecule has 0 atom stereocenters. The summed E-state index contributed by atoms with van der Waals surface area (Å²) in [4.78, 5) is 8.38. The van der Waals surface area contributed by atoms with Gasteiger partial charge in [-0.15, -0.1) is 24.0 Å². The first-order valence-electron chi connectivity index (χ1n) is 8.30. The van der Waals surface area contributed by atoms with Crippen LogP contribution >= 0.6 is 35.6 Å². The number of ether oxygens (including phenoxy) is 1. The third-order valence-electron chi connectivity index (χ3n) is 4.29. The zero-order valence-corrected chi connectivity index (χ0v) is 17.6. The van der Waals surface area contributed by atoms with Crippen LogP contribution in [0.4, 0.5) is 0 Å². The summed E-state index contributed by atoms with van der Waals surface area (Å²) < 4.78 is 5.48. The summed E-state index contributed by atoms with van der Waals surface area (Å²) in [7, 11) is 1.80. The van der Waals surface area contributed by atoms with Crippen molar-refractivity contribution < 1.29 is 4.74 Å². The van der Waals surface area contributed by atoms with E-state index in [-0.39, 0.29) is 24.0 Å². The zero-order chi connectivity index (χ0) is 16.5. The van der Waals surface area contributed by atoms with E-state index in [4.69, 9.17) is 16.3 Å². The van der Waals surface area contributed by atoms with Crippen LogP contribution in [0.1, 0.15) is 31.7 Å². The summed E-state index contributed by atoms with van der Waals surface area (Å²) in [6.45, 7) is 5.47. The molecule has 1 aromatic rings. The Labute approximate surface area is 167 Å². The molecular weight excluding hydrogens is 439 g/mol. The Kier molecular flexibility index (Phi) is 9.92. The van der Waals surface area contributed by atoms with Crippen LogP contribution in [0, 0.1) is 5.41 Å². The van der Waals surface area contributed by atoms with Crippen LogP contribution in [0.5, 0.6) is 0 Å². The molecule has 1 aliphatic carbocycles. The molecule has 136 valence electrons. The van der Waals surface area contributed by atoms with Crippen molar-refractivity contribution in [2.75, 3.05) is 33.4 Å².